The maximum Gasteiger partial charge on any atom is 0.267 e. The Bertz CT molecular complexity index is 1110. The minimum Gasteiger partial charge on any atom is -0.268 e. The number of nitrogens with zero attached hydrogens (tertiary/aromatic N) is 4. The molecule has 1 fully saturated rings. The summed E-state index contributed by atoms with van der Waals surface area (Å²) in [6, 6.07) is 16.1. The minimum atomic E-state index is -3.36. The Balaban J connectivity index is 1.44. The van der Waals surface area contributed by atoms with Crippen LogP contribution in [0.3, 0.4) is 0 Å². The Kier molecular flexibility index (Phi) is 5.06. The molecule has 28 heavy (non-hydrogen) atoms. The largest absolute Gasteiger partial charge is 0.268 e. The average Bonchev–Trinajstić information content (AvgIpc) is 2.68. The van der Waals surface area contributed by atoms with Crippen LogP contribution in [-0.2, 0) is 16.4 Å². The molecular weight excluding hydrogens is 376 g/mol. The number of rotatable bonds is 6. The van der Waals surface area contributed by atoms with Crippen molar-refractivity contribution in [2.24, 2.45) is 0 Å². The Morgan fingerprint density at radius 2 is 1.68 bits per heavy atom. The summed E-state index contributed by atoms with van der Waals surface area (Å²) in [6.07, 6.45) is 3.80. The molecule has 0 atom stereocenters. The molecule has 0 radical (unpaired) electrons. The van der Waals surface area contributed by atoms with Gasteiger partial charge in [0.1, 0.15) is 0 Å². The molecule has 1 aliphatic rings. The molecule has 3 aromatic rings. The van der Waals surface area contributed by atoms with Crippen LogP contribution in [-0.4, -0.2) is 46.3 Å². The number of hydrogen-bond acceptors (Lipinski definition) is 5. The van der Waals surface area contributed by atoms with Gasteiger partial charge in [-0.2, -0.15) is 9.40 Å². The molecule has 0 bridgehead atoms. The molecule has 0 amide bonds. The Morgan fingerprint density at radius 1 is 0.964 bits per heavy atom. The van der Waals surface area contributed by atoms with E-state index < -0.39 is 10.0 Å². The molecule has 8 heteroatoms. The van der Waals surface area contributed by atoms with Crippen molar-refractivity contribution in [3.8, 4) is 11.3 Å². The lowest BCUT2D eigenvalue weighted by atomic mass is 10.1. The molecule has 1 aliphatic heterocycles. The van der Waals surface area contributed by atoms with Gasteiger partial charge in [-0.3, -0.25) is 9.78 Å². The van der Waals surface area contributed by atoms with E-state index in [1.807, 2.05) is 42.5 Å². The van der Waals surface area contributed by atoms with Crippen molar-refractivity contribution in [3.63, 3.8) is 0 Å². The summed E-state index contributed by atoms with van der Waals surface area (Å²) < 4.78 is 27.9. The normalized spacial score (nSPS) is 15.3. The Labute approximate surface area is 163 Å². The van der Waals surface area contributed by atoms with Crippen LogP contribution in [0.2, 0.25) is 0 Å². The van der Waals surface area contributed by atoms with Gasteiger partial charge in [-0.25, -0.2) is 13.1 Å². The van der Waals surface area contributed by atoms with Gasteiger partial charge in [0.05, 0.1) is 17.5 Å². The van der Waals surface area contributed by atoms with Crippen LogP contribution in [0, 0.1) is 0 Å². The molecule has 1 saturated heterocycles. The van der Waals surface area contributed by atoms with Crippen molar-refractivity contribution >= 4 is 10.0 Å². The molecule has 7 nitrogen and oxygen atoms in total. The van der Waals surface area contributed by atoms with Crippen molar-refractivity contribution < 1.29 is 8.42 Å². The topological polar surface area (TPSA) is 85.2 Å². The first kappa shape index (κ1) is 18.5. The number of benzene rings is 1. The molecule has 3 heterocycles. The highest BCUT2D eigenvalue weighted by atomic mass is 32.2. The molecular formula is C20H20N4O3S. The van der Waals surface area contributed by atoms with E-state index in [2.05, 4.69) is 10.1 Å². The maximum atomic E-state index is 12.5. The van der Waals surface area contributed by atoms with Crippen molar-refractivity contribution in [2.75, 3.05) is 18.8 Å². The first-order valence-corrected chi connectivity index (χ1v) is 10.7. The molecule has 144 valence electrons. The standard InChI is InChI=1S/C20H20N4O3S/c25-20-7-6-19(17-8-11-21-12-9-17)22-24(20)18-14-23(15-18)28(26,27)13-10-16-4-2-1-3-5-16/h1-9,11-12,18H,10,13-15H2. The molecule has 0 spiro atoms. The van der Waals surface area contributed by atoms with Crippen molar-refractivity contribution in [1.82, 2.24) is 19.1 Å². The zero-order valence-electron chi connectivity index (χ0n) is 15.2. The van der Waals surface area contributed by atoms with E-state index in [-0.39, 0.29) is 30.4 Å². The Morgan fingerprint density at radius 3 is 2.39 bits per heavy atom. The van der Waals surface area contributed by atoms with Gasteiger partial charge in [0.25, 0.3) is 5.56 Å². The van der Waals surface area contributed by atoms with Gasteiger partial charge >= 0.3 is 0 Å². The predicted octanol–water partition coefficient (Wildman–Crippen LogP) is 1.73. The van der Waals surface area contributed by atoms with Crippen LogP contribution in [0.15, 0.2) is 71.8 Å². The van der Waals surface area contributed by atoms with Crippen molar-refractivity contribution in [2.45, 2.75) is 12.5 Å². The zero-order valence-corrected chi connectivity index (χ0v) is 16.0. The second kappa shape index (κ2) is 7.65. The van der Waals surface area contributed by atoms with Gasteiger partial charge in [-0.15, -0.1) is 0 Å². The van der Waals surface area contributed by atoms with Gasteiger partial charge in [0.15, 0.2) is 0 Å². The number of hydrogen-bond donors (Lipinski definition) is 0. The summed E-state index contributed by atoms with van der Waals surface area (Å²) in [6.45, 7) is 0.535. The molecule has 0 aliphatic carbocycles. The lowest BCUT2D eigenvalue weighted by molar-refractivity contribution is 0.186. The number of pyridine rings is 1. The fourth-order valence-corrected chi connectivity index (χ4v) is 4.73. The van der Waals surface area contributed by atoms with Crippen molar-refractivity contribution in [1.29, 1.82) is 0 Å². The van der Waals surface area contributed by atoms with Crippen LogP contribution in [0.1, 0.15) is 11.6 Å². The van der Waals surface area contributed by atoms with Gasteiger partial charge in [-0.05, 0) is 30.2 Å². The SMILES string of the molecule is O=c1ccc(-c2ccncc2)nn1C1CN(S(=O)(=O)CCc2ccccc2)C1. The third-order valence-electron chi connectivity index (χ3n) is 4.86. The highest BCUT2D eigenvalue weighted by Gasteiger charge is 2.37. The fraction of sp³-hybridized carbons (Fsp3) is 0.250. The highest BCUT2D eigenvalue weighted by molar-refractivity contribution is 7.89. The second-order valence-electron chi connectivity index (χ2n) is 6.76. The quantitative estimate of drug-likeness (QED) is 0.634. The molecule has 0 unspecified atom stereocenters. The van der Waals surface area contributed by atoms with Gasteiger partial charge in [0, 0.05) is 37.1 Å². The molecule has 4 rings (SSSR count). The van der Waals surface area contributed by atoms with Crippen molar-refractivity contribution in [3.05, 3.63) is 82.9 Å². The van der Waals surface area contributed by atoms with Crippen LogP contribution < -0.4 is 5.56 Å². The maximum absolute atomic E-state index is 12.5. The van der Waals surface area contributed by atoms with Crippen LogP contribution >= 0.6 is 0 Å². The number of aryl methyl sites for hydroxylation is 1. The zero-order chi connectivity index (χ0) is 19.6. The van der Waals surface area contributed by atoms with Gasteiger partial charge < -0.3 is 0 Å². The number of sulfonamides is 1. The minimum absolute atomic E-state index is 0.0586. The van der Waals surface area contributed by atoms with Crippen LogP contribution in [0.25, 0.3) is 11.3 Å². The summed E-state index contributed by atoms with van der Waals surface area (Å²) in [5.41, 5.74) is 2.28. The van der Waals surface area contributed by atoms with E-state index in [1.165, 1.54) is 15.1 Å². The van der Waals surface area contributed by atoms with Crippen LogP contribution in [0.4, 0.5) is 0 Å². The third kappa shape index (κ3) is 3.88. The van der Waals surface area contributed by atoms with E-state index >= 15 is 0 Å². The lowest BCUT2D eigenvalue weighted by Crippen LogP contribution is -2.54. The second-order valence-corrected chi connectivity index (χ2v) is 8.85. The summed E-state index contributed by atoms with van der Waals surface area (Å²) in [5, 5.41) is 4.43. The molecule has 0 saturated carbocycles. The average molecular weight is 396 g/mol. The first-order valence-electron chi connectivity index (χ1n) is 9.05. The van der Waals surface area contributed by atoms with E-state index in [9.17, 15) is 13.2 Å². The summed E-state index contributed by atoms with van der Waals surface area (Å²) in [4.78, 5) is 16.2. The summed E-state index contributed by atoms with van der Waals surface area (Å²) in [7, 11) is -3.36. The Hall–Kier alpha value is -2.84. The first-order chi connectivity index (χ1) is 13.5. The smallest absolute Gasteiger partial charge is 0.267 e. The van der Waals surface area contributed by atoms with Gasteiger partial charge in [0.2, 0.25) is 10.0 Å². The van der Waals surface area contributed by atoms with E-state index in [0.717, 1.165) is 11.1 Å². The molecule has 0 N–H and O–H groups in total. The summed E-state index contributed by atoms with van der Waals surface area (Å²) >= 11 is 0. The molecule has 2 aromatic heterocycles. The lowest BCUT2D eigenvalue weighted by Gasteiger charge is -2.38. The van der Waals surface area contributed by atoms with E-state index in [1.54, 1.807) is 18.5 Å². The third-order valence-corrected chi connectivity index (χ3v) is 6.67. The van der Waals surface area contributed by atoms with E-state index in [0.29, 0.717) is 12.1 Å². The van der Waals surface area contributed by atoms with E-state index in [4.69, 9.17) is 0 Å². The van der Waals surface area contributed by atoms with Crippen LogP contribution in [0.5, 0.6) is 0 Å². The summed E-state index contributed by atoms with van der Waals surface area (Å²) in [5.74, 6) is 0.0586. The monoisotopic (exact) mass is 396 g/mol. The predicted molar refractivity (Wildman–Crippen MR) is 106 cm³/mol. The fourth-order valence-electron chi connectivity index (χ4n) is 3.18. The van der Waals surface area contributed by atoms with Gasteiger partial charge in [-0.1, -0.05) is 30.3 Å². The molecule has 1 aromatic carbocycles. The number of aromatic nitrogens is 3. The highest BCUT2D eigenvalue weighted by Crippen LogP contribution is 2.24.